The van der Waals surface area contributed by atoms with Crippen molar-refractivity contribution in [3.8, 4) is 0 Å². The topological polar surface area (TPSA) is 49.3 Å². The molecule has 3 heteroatoms. The van der Waals surface area contributed by atoms with Crippen LogP contribution in [0.4, 0.5) is 5.69 Å². The molecule has 0 spiro atoms. The first-order valence-corrected chi connectivity index (χ1v) is 7.76. The van der Waals surface area contributed by atoms with Crippen LogP contribution in [0.1, 0.15) is 61.3 Å². The number of amides is 1. The van der Waals surface area contributed by atoms with Gasteiger partial charge in [-0.15, -0.1) is 0 Å². The summed E-state index contributed by atoms with van der Waals surface area (Å²) in [6.07, 6.45) is 6.79. The lowest BCUT2D eigenvalue weighted by Gasteiger charge is -2.30. The molecule has 0 aromatic heterocycles. The monoisotopic (exact) mass is 273 g/mol. The van der Waals surface area contributed by atoms with Crippen LogP contribution in [0, 0.1) is 12.8 Å². The van der Waals surface area contributed by atoms with E-state index in [0.29, 0.717) is 12.3 Å². The molecule has 1 aliphatic heterocycles. The molecule has 1 aliphatic carbocycles. The molecule has 1 amide bonds. The van der Waals surface area contributed by atoms with Gasteiger partial charge in [-0.25, -0.2) is 0 Å². The number of anilines is 1. The summed E-state index contributed by atoms with van der Waals surface area (Å²) >= 11 is 0. The first-order chi connectivity index (χ1) is 9.65. The summed E-state index contributed by atoms with van der Waals surface area (Å²) in [6.45, 7) is 2.06. The van der Waals surface area contributed by atoms with Crippen LogP contribution in [-0.2, 0) is 11.2 Å². The fourth-order valence-corrected chi connectivity index (χ4v) is 3.63. The molecule has 20 heavy (non-hydrogen) atoms. The molecule has 1 heterocycles. The van der Waals surface area contributed by atoms with E-state index >= 15 is 0 Å². The van der Waals surface area contributed by atoms with Gasteiger partial charge in [0.25, 0.3) is 0 Å². The zero-order valence-electron chi connectivity index (χ0n) is 12.1. The summed E-state index contributed by atoms with van der Waals surface area (Å²) in [6, 6.07) is 4.18. The van der Waals surface area contributed by atoms with Crippen molar-refractivity contribution in [2.45, 2.75) is 58.0 Å². The van der Waals surface area contributed by atoms with Gasteiger partial charge in [0, 0.05) is 17.7 Å². The van der Waals surface area contributed by atoms with Gasteiger partial charge in [-0.3, -0.25) is 4.79 Å². The molecule has 1 aromatic carbocycles. The van der Waals surface area contributed by atoms with E-state index in [2.05, 4.69) is 18.3 Å². The minimum Gasteiger partial charge on any atom is -0.388 e. The number of aliphatic hydroxyl groups excluding tert-OH is 1. The lowest BCUT2D eigenvalue weighted by Crippen LogP contribution is -2.24. The molecular formula is C17H23NO2. The standard InChI is InChI=1S/C17H23NO2/c1-11-9-13-7-8-15(19)18-16(13)14(10-11)17(20)12-5-3-2-4-6-12/h9-10,12,17,20H,2-8H2,1H3,(H,18,19). The smallest absolute Gasteiger partial charge is 0.224 e. The van der Waals surface area contributed by atoms with Crippen LogP contribution < -0.4 is 5.32 Å². The predicted octanol–water partition coefficient (Wildman–Crippen LogP) is 3.49. The van der Waals surface area contributed by atoms with Crippen molar-refractivity contribution in [1.82, 2.24) is 0 Å². The maximum Gasteiger partial charge on any atom is 0.224 e. The Morgan fingerprint density at radius 3 is 2.70 bits per heavy atom. The number of fused-ring (bicyclic) bond motifs is 1. The Bertz CT molecular complexity index is 518. The van der Waals surface area contributed by atoms with Gasteiger partial charge >= 0.3 is 0 Å². The van der Waals surface area contributed by atoms with Crippen molar-refractivity contribution in [2.75, 3.05) is 5.32 Å². The Morgan fingerprint density at radius 1 is 1.20 bits per heavy atom. The normalized spacial score (nSPS) is 21.2. The third-order valence-electron chi connectivity index (χ3n) is 4.70. The van der Waals surface area contributed by atoms with E-state index in [1.54, 1.807) is 0 Å². The first kappa shape index (κ1) is 13.6. The highest BCUT2D eigenvalue weighted by molar-refractivity contribution is 5.95. The molecule has 1 aromatic rings. The zero-order valence-corrected chi connectivity index (χ0v) is 12.1. The number of benzene rings is 1. The van der Waals surface area contributed by atoms with Gasteiger partial charge in [-0.05, 0) is 37.7 Å². The number of carbonyl (C=O) groups is 1. The molecule has 1 unspecified atom stereocenters. The van der Waals surface area contributed by atoms with Crippen LogP contribution in [-0.4, -0.2) is 11.0 Å². The second kappa shape index (κ2) is 5.57. The number of rotatable bonds is 2. The maximum absolute atomic E-state index is 11.7. The average molecular weight is 273 g/mol. The molecular weight excluding hydrogens is 250 g/mol. The third-order valence-corrected chi connectivity index (χ3v) is 4.70. The van der Waals surface area contributed by atoms with Gasteiger partial charge in [0.2, 0.25) is 5.91 Å². The molecule has 3 nitrogen and oxygen atoms in total. The maximum atomic E-state index is 11.7. The molecule has 1 saturated carbocycles. The molecule has 108 valence electrons. The highest BCUT2D eigenvalue weighted by Crippen LogP contribution is 2.40. The summed E-state index contributed by atoms with van der Waals surface area (Å²) in [5.74, 6) is 0.409. The van der Waals surface area contributed by atoms with Crippen molar-refractivity contribution < 1.29 is 9.90 Å². The fourth-order valence-electron chi connectivity index (χ4n) is 3.63. The van der Waals surface area contributed by atoms with Crippen LogP contribution in [0.15, 0.2) is 12.1 Å². The van der Waals surface area contributed by atoms with Gasteiger partial charge in [-0.1, -0.05) is 37.0 Å². The molecule has 0 bridgehead atoms. The van der Waals surface area contributed by atoms with Crippen molar-refractivity contribution >= 4 is 11.6 Å². The minimum atomic E-state index is -0.442. The lowest BCUT2D eigenvalue weighted by atomic mass is 9.81. The average Bonchev–Trinajstić information content (AvgIpc) is 2.47. The SMILES string of the molecule is Cc1cc2c(c(C(O)C3CCCCC3)c1)NC(=O)CC2. The Labute approximate surface area is 120 Å². The van der Waals surface area contributed by atoms with E-state index in [0.717, 1.165) is 30.5 Å². The largest absolute Gasteiger partial charge is 0.388 e. The van der Waals surface area contributed by atoms with Crippen LogP contribution in [0.3, 0.4) is 0 Å². The Balaban J connectivity index is 1.95. The summed E-state index contributed by atoms with van der Waals surface area (Å²) in [5.41, 5.74) is 4.16. The number of aliphatic hydroxyl groups is 1. The van der Waals surface area contributed by atoms with Crippen molar-refractivity contribution in [2.24, 2.45) is 5.92 Å². The summed E-state index contributed by atoms with van der Waals surface area (Å²) < 4.78 is 0. The van der Waals surface area contributed by atoms with E-state index < -0.39 is 6.10 Å². The van der Waals surface area contributed by atoms with Crippen molar-refractivity contribution in [1.29, 1.82) is 0 Å². The highest BCUT2D eigenvalue weighted by Gasteiger charge is 2.28. The van der Waals surface area contributed by atoms with Gasteiger partial charge < -0.3 is 10.4 Å². The summed E-state index contributed by atoms with van der Waals surface area (Å²) in [7, 11) is 0. The second-order valence-electron chi connectivity index (χ2n) is 6.28. The quantitative estimate of drug-likeness (QED) is 0.866. The number of nitrogens with one attached hydrogen (secondary N) is 1. The van der Waals surface area contributed by atoms with Gasteiger partial charge in [0.05, 0.1) is 6.10 Å². The van der Waals surface area contributed by atoms with Gasteiger partial charge in [-0.2, -0.15) is 0 Å². The molecule has 1 atom stereocenters. The van der Waals surface area contributed by atoms with E-state index in [1.807, 2.05) is 6.07 Å². The van der Waals surface area contributed by atoms with Crippen LogP contribution >= 0.6 is 0 Å². The number of carbonyl (C=O) groups excluding carboxylic acids is 1. The first-order valence-electron chi connectivity index (χ1n) is 7.76. The van der Waals surface area contributed by atoms with Crippen LogP contribution in [0.2, 0.25) is 0 Å². The minimum absolute atomic E-state index is 0.0680. The molecule has 3 rings (SSSR count). The number of aryl methyl sites for hydroxylation is 2. The van der Waals surface area contributed by atoms with Gasteiger partial charge in [0.15, 0.2) is 0 Å². The van der Waals surface area contributed by atoms with E-state index in [4.69, 9.17) is 0 Å². The predicted molar refractivity (Wildman–Crippen MR) is 79.7 cm³/mol. The van der Waals surface area contributed by atoms with E-state index in [1.165, 1.54) is 30.4 Å². The number of hydrogen-bond donors (Lipinski definition) is 2. The van der Waals surface area contributed by atoms with E-state index in [-0.39, 0.29) is 5.91 Å². The Hall–Kier alpha value is -1.35. The molecule has 2 aliphatic rings. The molecule has 1 fully saturated rings. The fraction of sp³-hybridized carbons (Fsp3) is 0.588. The zero-order chi connectivity index (χ0) is 14.1. The lowest BCUT2D eigenvalue weighted by molar-refractivity contribution is -0.116. The van der Waals surface area contributed by atoms with Crippen LogP contribution in [0.5, 0.6) is 0 Å². The Morgan fingerprint density at radius 2 is 1.95 bits per heavy atom. The van der Waals surface area contributed by atoms with E-state index in [9.17, 15) is 9.90 Å². The third kappa shape index (κ3) is 2.59. The summed E-state index contributed by atoms with van der Waals surface area (Å²) in [5, 5.41) is 13.7. The second-order valence-corrected chi connectivity index (χ2v) is 6.28. The molecule has 0 saturated heterocycles. The summed E-state index contributed by atoms with van der Waals surface area (Å²) in [4.78, 5) is 11.7. The van der Waals surface area contributed by atoms with Crippen LogP contribution in [0.25, 0.3) is 0 Å². The highest BCUT2D eigenvalue weighted by atomic mass is 16.3. The molecule has 0 radical (unpaired) electrons. The Kier molecular flexibility index (Phi) is 3.79. The number of hydrogen-bond acceptors (Lipinski definition) is 2. The van der Waals surface area contributed by atoms with Crippen molar-refractivity contribution in [3.05, 3.63) is 28.8 Å². The van der Waals surface area contributed by atoms with Gasteiger partial charge in [0.1, 0.15) is 0 Å². The molecule has 2 N–H and O–H groups in total. The van der Waals surface area contributed by atoms with Crippen molar-refractivity contribution in [3.63, 3.8) is 0 Å².